The predicted octanol–water partition coefficient (Wildman–Crippen LogP) is 3.64. The lowest BCUT2D eigenvalue weighted by atomic mass is 10.1. The van der Waals surface area contributed by atoms with Crippen LogP contribution in [-0.2, 0) is 4.79 Å². The predicted molar refractivity (Wildman–Crippen MR) is 87.6 cm³/mol. The molecule has 2 aromatic rings. The second-order valence-corrected chi connectivity index (χ2v) is 6.45. The van der Waals surface area contributed by atoms with E-state index in [1.807, 2.05) is 0 Å². The maximum absolute atomic E-state index is 12.3. The van der Waals surface area contributed by atoms with Gasteiger partial charge in [0.1, 0.15) is 5.82 Å². The fourth-order valence-corrected chi connectivity index (χ4v) is 1.75. The number of amides is 2. The molecule has 0 radical (unpaired) electrons. The summed E-state index contributed by atoms with van der Waals surface area (Å²) in [7, 11) is 0. The number of rotatable bonds is 3. The molecule has 0 saturated heterocycles. The normalized spacial score (nSPS) is 10.9. The minimum absolute atomic E-state index is 0.218. The first-order valence-corrected chi connectivity index (χ1v) is 7.21. The molecular weight excluding hydrogens is 349 g/mol. The Morgan fingerprint density at radius 1 is 0.955 bits per heavy atom. The second kappa shape index (κ2) is 6.96. The summed E-state index contributed by atoms with van der Waals surface area (Å²) in [6.45, 7) is 0. The van der Waals surface area contributed by atoms with Gasteiger partial charge in [-0.15, -0.1) is 0 Å². The summed E-state index contributed by atoms with van der Waals surface area (Å²) in [5, 5.41) is 5.01. The number of nitrogens with one attached hydrogen (secondary N) is 2. The van der Waals surface area contributed by atoms with Crippen LogP contribution >= 0.6 is 34.8 Å². The number of benzene rings is 1. The van der Waals surface area contributed by atoms with Crippen molar-refractivity contribution in [3.05, 3.63) is 54.2 Å². The van der Waals surface area contributed by atoms with Crippen LogP contribution in [0.25, 0.3) is 0 Å². The number of anilines is 2. The van der Waals surface area contributed by atoms with Crippen molar-refractivity contribution in [2.45, 2.75) is 3.79 Å². The average molecular weight is 359 g/mol. The van der Waals surface area contributed by atoms with Gasteiger partial charge < -0.3 is 10.6 Å². The summed E-state index contributed by atoms with van der Waals surface area (Å²) >= 11 is 16.5. The molecule has 8 heteroatoms. The monoisotopic (exact) mass is 357 g/mol. The van der Waals surface area contributed by atoms with Crippen LogP contribution in [0.15, 0.2) is 48.7 Å². The van der Waals surface area contributed by atoms with Gasteiger partial charge in [0.2, 0.25) is 0 Å². The molecule has 2 N–H and O–H groups in total. The van der Waals surface area contributed by atoms with Gasteiger partial charge in [0.25, 0.3) is 15.6 Å². The number of halogens is 3. The number of carbonyl (C=O) groups excluding carboxylic acids is 2. The van der Waals surface area contributed by atoms with Gasteiger partial charge >= 0.3 is 0 Å². The summed E-state index contributed by atoms with van der Waals surface area (Å²) in [6, 6.07) is 11.5. The second-order valence-electron chi connectivity index (χ2n) is 4.17. The first-order valence-electron chi connectivity index (χ1n) is 6.07. The first-order chi connectivity index (χ1) is 10.4. The number of alkyl halides is 3. The molecule has 0 unspecified atom stereocenters. The molecule has 5 nitrogen and oxygen atoms in total. The highest BCUT2D eigenvalue weighted by Crippen LogP contribution is 2.28. The number of carbonyl (C=O) groups is 2. The van der Waals surface area contributed by atoms with E-state index in [9.17, 15) is 9.59 Å². The van der Waals surface area contributed by atoms with Gasteiger partial charge in [-0.2, -0.15) is 0 Å². The smallest absolute Gasteiger partial charge is 0.276 e. The van der Waals surface area contributed by atoms with Crippen LogP contribution in [0.1, 0.15) is 10.4 Å². The molecule has 0 bridgehead atoms. The molecule has 114 valence electrons. The SMILES string of the molecule is O=C(Nc1ccccn1)c1ccccc1NC(=O)C(Cl)(Cl)Cl. The van der Waals surface area contributed by atoms with E-state index in [-0.39, 0.29) is 11.3 Å². The zero-order valence-electron chi connectivity index (χ0n) is 11.0. The summed E-state index contributed by atoms with van der Waals surface area (Å²) < 4.78 is -2.12. The molecule has 0 spiro atoms. The standard InChI is InChI=1S/C14H10Cl3N3O2/c15-14(16,17)13(22)19-10-6-2-1-5-9(10)12(21)20-11-7-3-4-8-18-11/h1-8H,(H,19,22)(H,18,20,21). The quantitative estimate of drug-likeness (QED) is 0.823. The Morgan fingerprint density at radius 2 is 1.64 bits per heavy atom. The Kier molecular flexibility index (Phi) is 5.24. The zero-order valence-corrected chi connectivity index (χ0v) is 13.3. The molecule has 22 heavy (non-hydrogen) atoms. The van der Waals surface area contributed by atoms with E-state index in [0.29, 0.717) is 5.82 Å². The number of hydrogen-bond donors (Lipinski definition) is 2. The third kappa shape index (κ3) is 4.34. The molecule has 1 heterocycles. The number of para-hydroxylation sites is 1. The molecule has 0 aliphatic heterocycles. The molecule has 0 atom stereocenters. The van der Waals surface area contributed by atoms with Crippen molar-refractivity contribution in [2.75, 3.05) is 10.6 Å². The van der Waals surface area contributed by atoms with Crippen molar-refractivity contribution in [1.29, 1.82) is 0 Å². The Morgan fingerprint density at radius 3 is 2.27 bits per heavy atom. The van der Waals surface area contributed by atoms with E-state index in [0.717, 1.165) is 0 Å². The van der Waals surface area contributed by atoms with E-state index in [4.69, 9.17) is 34.8 Å². The molecule has 0 aliphatic carbocycles. The fraction of sp³-hybridized carbons (Fsp3) is 0.0714. The Balaban J connectivity index is 2.21. The maximum atomic E-state index is 12.3. The van der Waals surface area contributed by atoms with Crippen molar-refractivity contribution in [3.8, 4) is 0 Å². The molecule has 0 saturated carbocycles. The van der Waals surface area contributed by atoms with Crippen molar-refractivity contribution < 1.29 is 9.59 Å². The maximum Gasteiger partial charge on any atom is 0.276 e. The lowest BCUT2D eigenvalue weighted by molar-refractivity contribution is -0.115. The van der Waals surface area contributed by atoms with E-state index in [2.05, 4.69) is 15.6 Å². The fourth-order valence-electron chi connectivity index (χ4n) is 1.60. The Labute approximate surface area is 141 Å². The van der Waals surface area contributed by atoms with Gasteiger partial charge in [-0.3, -0.25) is 9.59 Å². The number of aromatic nitrogens is 1. The third-order valence-corrected chi connectivity index (χ3v) is 3.10. The summed E-state index contributed by atoms with van der Waals surface area (Å²) in [4.78, 5) is 28.0. The average Bonchev–Trinajstić information content (AvgIpc) is 2.47. The van der Waals surface area contributed by atoms with Gasteiger partial charge in [-0.1, -0.05) is 53.0 Å². The minimum atomic E-state index is -2.12. The minimum Gasteiger partial charge on any atom is -0.322 e. The third-order valence-electron chi connectivity index (χ3n) is 2.58. The molecule has 2 rings (SSSR count). The van der Waals surface area contributed by atoms with Gasteiger partial charge in [0.05, 0.1) is 11.3 Å². The number of nitrogens with zero attached hydrogens (tertiary/aromatic N) is 1. The van der Waals surface area contributed by atoms with Gasteiger partial charge in [0.15, 0.2) is 0 Å². The summed E-state index contributed by atoms with van der Waals surface area (Å²) in [6.07, 6.45) is 1.55. The topological polar surface area (TPSA) is 71.1 Å². The highest BCUT2D eigenvalue weighted by Gasteiger charge is 2.31. The molecule has 2 amide bonds. The van der Waals surface area contributed by atoms with Crippen LogP contribution in [0.3, 0.4) is 0 Å². The van der Waals surface area contributed by atoms with E-state index >= 15 is 0 Å². The molecular formula is C14H10Cl3N3O2. The Hall–Kier alpha value is -1.82. The molecule has 1 aromatic heterocycles. The van der Waals surface area contributed by atoms with Gasteiger partial charge in [0, 0.05) is 6.20 Å². The largest absolute Gasteiger partial charge is 0.322 e. The molecule has 0 aliphatic rings. The summed E-state index contributed by atoms with van der Waals surface area (Å²) in [5.41, 5.74) is 0.447. The van der Waals surface area contributed by atoms with Crippen LogP contribution in [0, 0.1) is 0 Å². The molecule has 1 aromatic carbocycles. The highest BCUT2D eigenvalue weighted by molar-refractivity contribution is 6.76. The van der Waals surface area contributed by atoms with Crippen molar-refractivity contribution >= 4 is 58.1 Å². The lowest BCUT2D eigenvalue weighted by Crippen LogP contribution is -2.28. The van der Waals surface area contributed by atoms with Crippen molar-refractivity contribution in [3.63, 3.8) is 0 Å². The lowest BCUT2D eigenvalue weighted by Gasteiger charge is -2.14. The van der Waals surface area contributed by atoms with Crippen LogP contribution in [0.4, 0.5) is 11.5 Å². The summed E-state index contributed by atoms with van der Waals surface area (Å²) in [5.74, 6) is -0.912. The first kappa shape index (κ1) is 16.5. The van der Waals surface area contributed by atoms with Crippen LogP contribution in [0.5, 0.6) is 0 Å². The zero-order chi connectivity index (χ0) is 16.2. The Bertz CT molecular complexity index is 687. The van der Waals surface area contributed by atoms with E-state index in [1.165, 1.54) is 12.1 Å². The number of pyridine rings is 1. The molecule has 0 fully saturated rings. The number of hydrogen-bond acceptors (Lipinski definition) is 3. The van der Waals surface area contributed by atoms with Gasteiger partial charge in [-0.25, -0.2) is 4.98 Å². The van der Waals surface area contributed by atoms with Crippen molar-refractivity contribution in [1.82, 2.24) is 4.98 Å². The van der Waals surface area contributed by atoms with E-state index < -0.39 is 15.6 Å². The van der Waals surface area contributed by atoms with E-state index in [1.54, 1.807) is 36.5 Å². The van der Waals surface area contributed by atoms with Crippen LogP contribution in [0.2, 0.25) is 0 Å². The van der Waals surface area contributed by atoms with Crippen LogP contribution in [-0.4, -0.2) is 20.6 Å². The van der Waals surface area contributed by atoms with Crippen LogP contribution < -0.4 is 10.6 Å². The van der Waals surface area contributed by atoms with Crippen molar-refractivity contribution in [2.24, 2.45) is 0 Å². The van der Waals surface area contributed by atoms with Gasteiger partial charge in [-0.05, 0) is 24.3 Å². The highest BCUT2D eigenvalue weighted by atomic mass is 35.6.